The van der Waals surface area contributed by atoms with Gasteiger partial charge in [-0.2, -0.15) is 0 Å². The number of methoxy groups -OCH3 is 1. The Labute approximate surface area is 110 Å². The van der Waals surface area contributed by atoms with E-state index in [-0.39, 0.29) is 23.1 Å². The Hall–Kier alpha value is -2.05. The van der Waals surface area contributed by atoms with Crippen LogP contribution in [0.4, 0.5) is 5.82 Å². The van der Waals surface area contributed by atoms with Gasteiger partial charge in [-0.15, -0.1) is 0 Å². The van der Waals surface area contributed by atoms with Gasteiger partial charge in [0.15, 0.2) is 5.82 Å². The summed E-state index contributed by atoms with van der Waals surface area (Å²) >= 11 is 0. The van der Waals surface area contributed by atoms with Crippen LogP contribution < -0.4 is 15.6 Å². The number of anilines is 1. The monoisotopic (exact) mass is 267 g/mol. The molecule has 0 saturated heterocycles. The fraction of sp³-hybridized carbons (Fsp3) is 0.583. The second-order valence-corrected chi connectivity index (χ2v) is 4.89. The van der Waals surface area contributed by atoms with Gasteiger partial charge in [-0.1, -0.05) is 6.42 Å². The highest BCUT2D eigenvalue weighted by Gasteiger charge is 2.39. The van der Waals surface area contributed by atoms with E-state index in [0.717, 1.165) is 19.3 Å². The van der Waals surface area contributed by atoms with E-state index in [4.69, 9.17) is 9.84 Å². The van der Waals surface area contributed by atoms with Gasteiger partial charge in [0.05, 0.1) is 19.9 Å². The van der Waals surface area contributed by atoms with E-state index in [9.17, 15) is 9.59 Å². The average molecular weight is 267 g/mol. The molecule has 1 aliphatic carbocycles. The summed E-state index contributed by atoms with van der Waals surface area (Å²) in [6, 6.07) is 0. The molecule has 1 fully saturated rings. The van der Waals surface area contributed by atoms with E-state index in [1.807, 2.05) is 0 Å². The van der Waals surface area contributed by atoms with E-state index in [1.165, 1.54) is 13.4 Å². The number of carboxylic acid groups (broad SMARTS) is 1. The zero-order valence-electron chi connectivity index (χ0n) is 10.7. The van der Waals surface area contributed by atoms with Crippen LogP contribution in [0, 0.1) is 5.41 Å². The Bertz CT molecular complexity index is 522. The molecule has 0 aliphatic heterocycles. The number of hydrogen-bond donors (Lipinski definition) is 3. The number of aliphatic carboxylic acids is 1. The number of rotatable bonds is 6. The van der Waals surface area contributed by atoms with Crippen LogP contribution in [0.25, 0.3) is 0 Å². The number of H-pyrrole nitrogens is 1. The minimum absolute atomic E-state index is 0.118. The minimum atomic E-state index is -0.799. The molecule has 104 valence electrons. The highest BCUT2D eigenvalue weighted by molar-refractivity contribution is 5.68. The van der Waals surface area contributed by atoms with Gasteiger partial charge in [0.2, 0.25) is 5.75 Å². The molecule has 1 saturated carbocycles. The molecule has 2 rings (SSSR count). The molecule has 0 atom stereocenters. The fourth-order valence-corrected chi connectivity index (χ4v) is 2.39. The number of aromatic amines is 1. The van der Waals surface area contributed by atoms with Crippen LogP contribution in [0.3, 0.4) is 0 Å². The Morgan fingerprint density at radius 2 is 2.37 bits per heavy atom. The van der Waals surface area contributed by atoms with Crippen molar-refractivity contribution >= 4 is 11.8 Å². The number of carbonyl (C=O) groups is 1. The Balaban J connectivity index is 2.08. The highest BCUT2D eigenvalue weighted by atomic mass is 16.5. The van der Waals surface area contributed by atoms with Crippen LogP contribution in [0.1, 0.15) is 25.7 Å². The molecule has 0 bridgehead atoms. The molecule has 7 nitrogen and oxygen atoms in total. The van der Waals surface area contributed by atoms with Gasteiger partial charge in [-0.05, 0) is 18.3 Å². The second kappa shape index (κ2) is 5.29. The zero-order chi connectivity index (χ0) is 13.9. The molecule has 1 aromatic rings. The third-order valence-electron chi connectivity index (χ3n) is 3.59. The third-order valence-corrected chi connectivity index (χ3v) is 3.59. The number of ether oxygens (including phenoxy) is 1. The van der Waals surface area contributed by atoms with E-state index in [0.29, 0.717) is 12.4 Å². The van der Waals surface area contributed by atoms with Gasteiger partial charge in [0.25, 0.3) is 5.56 Å². The molecular weight excluding hydrogens is 250 g/mol. The van der Waals surface area contributed by atoms with Crippen molar-refractivity contribution in [3.63, 3.8) is 0 Å². The quantitative estimate of drug-likeness (QED) is 0.705. The molecular formula is C12H17N3O4. The van der Waals surface area contributed by atoms with Crippen molar-refractivity contribution in [2.75, 3.05) is 19.0 Å². The number of nitrogens with one attached hydrogen (secondary N) is 2. The lowest BCUT2D eigenvalue weighted by Gasteiger charge is -2.41. The summed E-state index contributed by atoms with van der Waals surface area (Å²) in [5.41, 5.74) is -0.595. The van der Waals surface area contributed by atoms with Gasteiger partial charge < -0.3 is 20.1 Å². The van der Waals surface area contributed by atoms with Crippen LogP contribution in [-0.4, -0.2) is 34.7 Å². The first-order chi connectivity index (χ1) is 9.06. The molecule has 7 heteroatoms. The highest BCUT2D eigenvalue weighted by Crippen LogP contribution is 2.44. The molecule has 1 aliphatic rings. The van der Waals surface area contributed by atoms with Crippen molar-refractivity contribution in [1.82, 2.24) is 9.97 Å². The summed E-state index contributed by atoms with van der Waals surface area (Å²) < 4.78 is 4.99. The first-order valence-electron chi connectivity index (χ1n) is 6.14. The molecule has 0 amide bonds. The van der Waals surface area contributed by atoms with E-state index in [1.54, 1.807) is 0 Å². The van der Waals surface area contributed by atoms with E-state index in [2.05, 4.69) is 15.3 Å². The van der Waals surface area contributed by atoms with E-state index < -0.39 is 5.97 Å². The van der Waals surface area contributed by atoms with Crippen molar-refractivity contribution in [3.8, 4) is 5.75 Å². The average Bonchev–Trinajstić information content (AvgIpc) is 2.32. The maximum atomic E-state index is 11.5. The Morgan fingerprint density at radius 1 is 1.63 bits per heavy atom. The molecule has 1 heterocycles. The number of aromatic nitrogens is 2. The number of carboxylic acids is 1. The summed E-state index contributed by atoms with van der Waals surface area (Å²) in [6.45, 7) is 0.478. The third kappa shape index (κ3) is 2.86. The predicted octanol–water partition coefficient (Wildman–Crippen LogP) is 0.835. The maximum absolute atomic E-state index is 11.5. The lowest BCUT2D eigenvalue weighted by atomic mass is 9.66. The predicted molar refractivity (Wildman–Crippen MR) is 68.4 cm³/mol. The fourth-order valence-electron chi connectivity index (χ4n) is 2.39. The topological polar surface area (TPSA) is 104 Å². The molecule has 0 radical (unpaired) electrons. The number of nitrogens with zero attached hydrogens (tertiary/aromatic N) is 1. The molecule has 19 heavy (non-hydrogen) atoms. The Morgan fingerprint density at radius 3 is 2.89 bits per heavy atom. The molecule has 3 N–H and O–H groups in total. The largest absolute Gasteiger partial charge is 0.489 e. The lowest BCUT2D eigenvalue weighted by Crippen LogP contribution is -2.39. The molecule has 0 aromatic carbocycles. The SMILES string of the molecule is COc1c(NCC2(CC(=O)O)CCC2)nc[nH]c1=O. The molecule has 0 spiro atoms. The van der Waals surface area contributed by atoms with Crippen LogP contribution in [0.15, 0.2) is 11.1 Å². The van der Waals surface area contributed by atoms with Gasteiger partial charge >= 0.3 is 5.97 Å². The van der Waals surface area contributed by atoms with Crippen molar-refractivity contribution in [2.24, 2.45) is 5.41 Å². The molecule has 1 aromatic heterocycles. The first kappa shape index (κ1) is 13.4. The van der Waals surface area contributed by atoms with Crippen LogP contribution in [0.2, 0.25) is 0 Å². The summed E-state index contributed by atoms with van der Waals surface area (Å²) in [7, 11) is 1.40. The summed E-state index contributed by atoms with van der Waals surface area (Å²) in [4.78, 5) is 28.8. The second-order valence-electron chi connectivity index (χ2n) is 4.89. The number of hydrogen-bond acceptors (Lipinski definition) is 5. The van der Waals surface area contributed by atoms with Gasteiger partial charge in [-0.3, -0.25) is 9.59 Å². The standard InChI is InChI=1S/C12H17N3O4/c1-19-9-10(14-7-15-11(9)18)13-6-12(3-2-4-12)5-8(16)17/h7H,2-6H2,1H3,(H,16,17)(H2,13,14,15,18). The van der Waals surface area contributed by atoms with E-state index >= 15 is 0 Å². The normalized spacial score (nSPS) is 16.5. The molecule has 0 unspecified atom stereocenters. The minimum Gasteiger partial charge on any atom is -0.489 e. The summed E-state index contributed by atoms with van der Waals surface area (Å²) in [5.74, 6) is -0.331. The van der Waals surface area contributed by atoms with Gasteiger partial charge in [-0.25, -0.2) is 4.98 Å². The zero-order valence-corrected chi connectivity index (χ0v) is 10.7. The van der Waals surface area contributed by atoms with Crippen LogP contribution >= 0.6 is 0 Å². The summed E-state index contributed by atoms with van der Waals surface area (Å²) in [5, 5.41) is 12.0. The van der Waals surface area contributed by atoms with Gasteiger partial charge in [0.1, 0.15) is 0 Å². The van der Waals surface area contributed by atoms with Crippen LogP contribution in [-0.2, 0) is 4.79 Å². The van der Waals surface area contributed by atoms with Gasteiger partial charge in [0, 0.05) is 6.54 Å². The maximum Gasteiger partial charge on any atom is 0.303 e. The van der Waals surface area contributed by atoms with Crippen molar-refractivity contribution in [1.29, 1.82) is 0 Å². The van der Waals surface area contributed by atoms with Crippen molar-refractivity contribution < 1.29 is 14.6 Å². The summed E-state index contributed by atoms with van der Waals surface area (Å²) in [6.07, 6.45) is 4.20. The van der Waals surface area contributed by atoms with Crippen molar-refractivity contribution in [2.45, 2.75) is 25.7 Å². The smallest absolute Gasteiger partial charge is 0.303 e. The first-order valence-corrected chi connectivity index (χ1v) is 6.14. The van der Waals surface area contributed by atoms with Crippen molar-refractivity contribution in [3.05, 3.63) is 16.7 Å². The Kier molecular flexibility index (Phi) is 3.73. The van der Waals surface area contributed by atoms with Crippen LogP contribution in [0.5, 0.6) is 5.75 Å². The lowest BCUT2D eigenvalue weighted by molar-refractivity contribution is -0.141.